The van der Waals surface area contributed by atoms with Gasteiger partial charge in [-0.2, -0.15) is 0 Å². The molecule has 0 aliphatic carbocycles. The second-order valence-electron chi connectivity index (χ2n) is 8.32. The molecule has 2 aromatic heterocycles. The number of piperidine rings is 1. The van der Waals surface area contributed by atoms with Gasteiger partial charge in [-0.1, -0.05) is 29.4 Å². The van der Waals surface area contributed by atoms with Gasteiger partial charge in [0.1, 0.15) is 17.1 Å². The Hall–Kier alpha value is -3.56. The van der Waals surface area contributed by atoms with Gasteiger partial charge in [0.25, 0.3) is 0 Å². The fraction of sp³-hybridized carbons (Fsp3) is 0.240. The average Bonchev–Trinajstić information content (AvgIpc) is 3.35. The van der Waals surface area contributed by atoms with Crippen LogP contribution in [0.4, 0.5) is 0 Å². The van der Waals surface area contributed by atoms with Crippen molar-refractivity contribution in [2.45, 2.75) is 29.9 Å². The van der Waals surface area contributed by atoms with Crippen LogP contribution in [0.15, 0.2) is 70.2 Å². The summed E-state index contributed by atoms with van der Waals surface area (Å²) < 4.78 is 31.4. The van der Waals surface area contributed by atoms with E-state index in [1.54, 1.807) is 54.7 Å². The van der Waals surface area contributed by atoms with Gasteiger partial charge in [0.15, 0.2) is 15.6 Å². The van der Waals surface area contributed by atoms with E-state index in [0.29, 0.717) is 52.0 Å². The Kier molecular flexibility index (Phi) is 5.89. The molecular formula is C25H24N4O4S. The fourth-order valence-corrected chi connectivity index (χ4v) is 5.83. The summed E-state index contributed by atoms with van der Waals surface area (Å²) in [5, 5.41) is 16.9. The van der Waals surface area contributed by atoms with Gasteiger partial charge in [-0.15, -0.1) is 0 Å². The highest BCUT2D eigenvalue weighted by molar-refractivity contribution is 7.92. The molecule has 1 fully saturated rings. The first-order valence-electron chi connectivity index (χ1n) is 11.1. The molecule has 1 aliphatic heterocycles. The first-order valence-corrected chi connectivity index (χ1v) is 12.6. The van der Waals surface area contributed by atoms with Gasteiger partial charge in [0.05, 0.1) is 27.7 Å². The van der Waals surface area contributed by atoms with E-state index in [1.807, 2.05) is 13.0 Å². The van der Waals surface area contributed by atoms with Gasteiger partial charge in [-0.3, -0.25) is 4.98 Å². The number of hydrogen-bond acceptors (Lipinski definition) is 8. The first-order chi connectivity index (χ1) is 16.4. The highest BCUT2D eigenvalue weighted by atomic mass is 32.2. The van der Waals surface area contributed by atoms with Crippen molar-refractivity contribution in [1.29, 1.82) is 0 Å². The molecule has 1 unspecified atom stereocenters. The van der Waals surface area contributed by atoms with Crippen molar-refractivity contribution in [3.8, 4) is 39.7 Å². The second kappa shape index (κ2) is 9.00. The zero-order valence-electron chi connectivity index (χ0n) is 18.6. The maximum absolute atomic E-state index is 13.0. The Bertz CT molecular complexity index is 1430. The lowest BCUT2D eigenvalue weighted by Crippen LogP contribution is -2.38. The molecule has 34 heavy (non-hydrogen) atoms. The molecular weight excluding hydrogens is 452 g/mol. The van der Waals surface area contributed by atoms with E-state index >= 15 is 0 Å². The molecule has 3 heterocycles. The lowest BCUT2D eigenvalue weighted by molar-refractivity contribution is 0.431. The molecule has 174 valence electrons. The van der Waals surface area contributed by atoms with E-state index in [0.717, 1.165) is 18.5 Å². The standard InChI is InChI=1S/C25H24N4O4S/c1-16-25(24-13-21(29-33-24)20-6-2-3-7-23(20)30)28-22(15-27-16)17-8-10-18(11-9-17)34(31,32)19-5-4-12-26-14-19/h2-3,6-11,13,15,19,26,30H,4-5,12,14H2,1H3. The number of hydrogen-bond donors (Lipinski definition) is 2. The van der Waals surface area contributed by atoms with Gasteiger partial charge in [0, 0.05) is 23.7 Å². The Morgan fingerprint density at radius 1 is 1.09 bits per heavy atom. The Balaban J connectivity index is 1.44. The molecule has 0 bridgehead atoms. The summed E-state index contributed by atoms with van der Waals surface area (Å²) >= 11 is 0. The van der Waals surface area contributed by atoms with Gasteiger partial charge in [-0.25, -0.2) is 13.4 Å². The van der Waals surface area contributed by atoms with Crippen molar-refractivity contribution in [3.05, 3.63) is 66.5 Å². The molecule has 4 aromatic rings. The molecule has 1 atom stereocenters. The highest BCUT2D eigenvalue weighted by Crippen LogP contribution is 2.32. The van der Waals surface area contributed by atoms with Crippen molar-refractivity contribution in [2.75, 3.05) is 13.1 Å². The maximum Gasteiger partial charge on any atom is 0.187 e. The number of aromatic hydroxyl groups is 1. The molecule has 0 spiro atoms. The summed E-state index contributed by atoms with van der Waals surface area (Å²) in [7, 11) is -3.39. The third-order valence-corrected chi connectivity index (χ3v) is 8.26. The summed E-state index contributed by atoms with van der Waals surface area (Å²) in [6.07, 6.45) is 3.18. The molecule has 2 aromatic carbocycles. The number of benzene rings is 2. The third-order valence-electron chi connectivity index (χ3n) is 6.05. The number of phenolic OH excluding ortho intramolecular Hbond substituents is 1. The summed E-state index contributed by atoms with van der Waals surface area (Å²) in [6, 6.07) is 15.4. The Labute approximate surface area is 197 Å². The van der Waals surface area contributed by atoms with Crippen LogP contribution in [0.5, 0.6) is 5.75 Å². The van der Waals surface area contributed by atoms with Gasteiger partial charge in [-0.05, 0) is 50.6 Å². The number of nitrogens with zero attached hydrogens (tertiary/aromatic N) is 3. The van der Waals surface area contributed by atoms with E-state index in [2.05, 4.69) is 15.5 Å². The molecule has 1 saturated heterocycles. The SMILES string of the molecule is Cc1ncc(-c2ccc(S(=O)(=O)C3CCCNC3)cc2)nc1-c1cc(-c2ccccc2O)no1. The van der Waals surface area contributed by atoms with E-state index in [4.69, 9.17) is 9.51 Å². The predicted molar refractivity (Wildman–Crippen MR) is 128 cm³/mol. The quantitative estimate of drug-likeness (QED) is 0.444. The van der Waals surface area contributed by atoms with Crippen LogP contribution in [-0.2, 0) is 9.84 Å². The van der Waals surface area contributed by atoms with E-state index in [-0.39, 0.29) is 5.75 Å². The van der Waals surface area contributed by atoms with Crippen LogP contribution in [-0.4, -0.2) is 47.0 Å². The topological polar surface area (TPSA) is 118 Å². The third kappa shape index (κ3) is 4.20. The zero-order valence-corrected chi connectivity index (χ0v) is 19.4. The predicted octanol–water partition coefficient (Wildman–Crippen LogP) is 4.01. The summed E-state index contributed by atoms with van der Waals surface area (Å²) in [5.74, 6) is 0.534. The number of sulfone groups is 1. The molecule has 2 N–H and O–H groups in total. The average molecular weight is 477 g/mol. The van der Waals surface area contributed by atoms with Crippen molar-refractivity contribution < 1.29 is 18.0 Å². The molecule has 0 radical (unpaired) electrons. The Morgan fingerprint density at radius 2 is 1.88 bits per heavy atom. The molecule has 0 amide bonds. The second-order valence-corrected chi connectivity index (χ2v) is 10.5. The van der Waals surface area contributed by atoms with Crippen molar-refractivity contribution in [3.63, 3.8) is 0 Å². The lowest BCUT2D eigenvalue weighted by atomic mass is 10.1. The molecule has 5 rings (SSSR count). The molecule has 0 saturated carbocycles. The fourth-order valence-electron chi connectivity index (χ4n) is 4.12. The lowest BCUT2D eigenvalue weighted by Gasteiger charge is -2.22. The number of nitrogens with one attached hydrogen (secondary N) is 1. The van der Waals surface area contributed by atoms with Crippen LogP contribution < -0.4 is 5.32 Å². The summed E-state index contributed by atoms with van der Waals surface area (Å²) in [5.41, 5.74) is 3.57. The number of aromatic nitrogens is 3. The largest absolute Gasteiger partial charge is 0.507 e. The Morgan fingerprint density at radius 3 is 2.62 bits per heavy atom. The van der Waals surface area contributed by atoms with Crippen LogP contribution in [0.25, 0.3) is 34.0 Å². The smallest absolute Gasteiger partial charge is 0.187 e. The number of aryl methyl sites for hydroxylation is 1. The summed E-state index contributed by atoms with van der Waals surface area (Å²) in [6.45, 7) is 3.16. The van der Waals surface area contributed by atoms with Crippen LogP contribution in [0.2, 0.25) is 0 Å². The minimum absolute atomic E-state index is 0.109. The molecule has 8 nitrogen and oxygen atoms in total. The van der Waals surface area contributed by atoms with Crippen LogP contribution >= 0.6 is 0 Å². The van der Waals surface area contributed by atoms with Gasteiger partial charge in [0.2, 0.25) is 0 Å². The highest BCUT2D eigenvalue weighted by Gasteiger charge is 2.28. The molecule has 9 heteroatoms. The normalized spacial score (nSPS) is 16.4. The van der Waals surface area contributed by atoms with Crippen LogP contribution in [0, 0.1) is 6.92 Å². The monoisotopic (exact) mass is 476 g/mol. The van der Waals surface area contributed by atoms with Crippen molar-refractivity contribution >= 4 is 9.84 Å². The minimum atomic E-state index is -3.39. The van der Waals surface area contributed by atoms with Crippen LogP contribution in [0.3, 0.4) is 0 Å². The van der Waals surface area contributed by atoms with Crippen molar-refractivity contribution in [1.82, 2.24) is 20.4 Å². The van der Waals surface area contributed by atoms with Crippen molar-refractivity contribution in [2.24, 2.45) is 0 Å². The number of phenols is 1. The number of rotatable bonds is 5. The van der Waals surface area contributed by atoms with Crippen LogP contribution in [0.1, 0.15) is 18.5 Å². The van der Waals surface area contributed by atoms with E-state index < -0.39 is 15.1 Å². The van der Waals surface area contributed by atoms with E-state index in [9.17, 15) is 13.5 Å². The van der Waals surface area contributed by atoms with Gasteiger partial charge < -0.3 is 14.9 Å². The first kappa shape index (κ1) is 22.2. The molecule has 1 aliphatic rings. The van der Waals surface area contributed by atoms with E-state index in [1.165, 1.54) is 0 Å². The maximum atomic E-state index is 13.0. The zero-order chi connectivity index (χ0) is 23.7. The van der Waals surface area contributed by atoms with Gasteiger partial charge >= 0.3 is 0 Å². The number of para-hydroxylation sites is 1. The minimum Gasteiger partial charge on any atom is -0.507 e. The summed E-state index contributed by atoms with van der Waals surface area (Å²) in [4.78, 5) is 9.47.